The molecule has 2 aromatic carbocycles. The van der Waals surface area contributed by atoms with Crippen LogP contribution in [0.3, 0.4) is 0 Å². The van der Waals surface area contributed by atoms with Crippen LogP contribution in [0.4, 0.5) is 0 Å². The molecule has 1 atom stereocenters. The minimum atomic E-state index is 0.253. The molecule has 0 radical (unpaired) electrons. The molecule has 0 saturated heterocycles. The molecule has 24 heavy (non-hydrogen) atoms. The van der Waals surface area contributed by atoms with Gasteiger partial charge in [-0.05, 0) is 67.6 Å². The molecule has 0 amide bonds. The normalized spacial score (nSPS) is 15.0. The molecule has 0 saturated carbocycles. The summed E-state index contributed by atoms with van der Waals surface area (Å²) in [5, 5.41) is 3.63. The molecule has 1 N–H and O–H groups in total. The number of benzene rings is 2. The number of hydrogen-bond donors (Lipinski definition) is 1. The van der Waals surface area contributed by atoms with Gasteiger partial charge in [0.2, 0.25) is 0 Å². The second-order valence-corrected chi connectivity index (χ2v) is 6.72. The third-order valence-corrected chi connectivity index (χ3v) is 4.82. The van der Waals surface area contributed by atoms with Crippen LogP contribution < -0.4 is 14.8 Å². The van der Waals surface area contributed by atoms with E-state index in [0.29, 0.717) is 0 Å². The quantitative estimate of drug-likeness (QED) is 0.889. The number of ether oxygens (including phenoxy) is 2. The van der Waals surface area contributed by atoms with Gasteiger partial charge >= 0.3 is 0 Å². The maximum absolute atomic E-state index is 5.80. The van der Waals surface area contributed by atoms with E-state index >= 15 is 0 Å². The highest BCUT2D eigenvalue weighted by Gasteiger charge is 2.14. The van der Waals surface area contributed by atoms with Crippen molar-refractivity contribution >= 4 is 0 Å². The van der Waals surface area contributed by atoms with Gasteiger partial charge < -0.3 is 14.8 Å². The molecule has 0 spiro atoms. The predicted molar refractivity (Wildman–Crippen MR) is 98.0 cm³/mol. The lowest BCUT2D eigenvalue weighted by Crippen LogP contribution is -2.19. The third kappa shape index (κ3) is 3.73. The standard InChI is InChI=1S/C21H27NO2/c1-14-10-16(3)19(11-15(14)2)13-22-17(4)18-6-7-20-21(12-18)24-9-5-8-23-20/h6-7,10-12,17,22H,5,8-9,13H2,1-4H3. The first-order valence-electron chi connectivity index (χ1n) is 8.74. The molecule has 3 nitrogen and oxygen atoms in total. The van der Waals surface area contributed by atoms with Crippen LogP contribution in [0, 0.1) is 20.8 Å². The maximum Gasteiger partial charge on any atom is 0.161 e. The first-order valence-corrected chi connectivity index (χ1v) is 8.74. The van der Waals surface area contributed by atoms with E-state index in [2.05, 4.69) is 57.3 Å². The van der Waals surface area contributed by atoms with E-state index in [9.17, 15) is 0 Å². The summed E-state index contributed by atoms with van der Waals surface area (Å²) in [5.74, 6) is 1.72. The Morgan fingerprint density at radius 3 is 2.42 bits per heavy atom. The molecule has 2 aromatic rings. The number of aryl methyl sites for hydroxylation is 3. The van der Waals surface area contributed by atoms with Gasteiger partial charge in [-0.15, -0.1) is 0 Å². The summed E-state index contributed by atoms with van der Waals surface area (Å²) < 4.78 is 11.5. The average Bonchev–Trinajstić information content (AvgIpc) is 2.81. The molecule has 1 unspecified atom stereocenters. The Balaban J connectivity index is 1.70. The van der Waals surface area contributed by atoms with Crippen molar-refractivity contribution in [1.82, 2.24) is 5.32 Å². The number of rotatable bonds is 4. The van der Waals surface area contributed by atoms with E-state index in [0.717, 1.165) is 37.7 Å². The van der Waals surface area contributed by atoms with Crippen molar-refractivity contribution in [3.8, 4) is 11.5 Å². The van der Waals surface area contributed by atoms with Gasteiger partial charge in [-0.3, -0.25) is 0 Å². The van der Waals surface area contributed by atoms with Crippen molar-refractivity contribution in [3.05, 3.63) is 58.1 Å². The zero-order valence-corrected chi connectivity index (χ0v) is 15.1. The van der Waals surface area contributed by atoms with Crippen LogP contribution in [0.5, 0.6) is 11.5 Å². The fourth-order valence-electron chi connectivity index (χ4n) is 3.04. The average molecular weight is 325 g/mol. The lowest BCUT2D eigenvalue weighted by atomic mass is 10.00. The van der Waals surface area contributed by atoms with Gasteiger partial charge in [0.05, 0.1) is 13.2 Å². The molecule has 0 aromatic heterocycles. The van der Waals surface area contributed by atoms with Crippen LogP contribution >= 0.6 is 0 Å². The molecule has 0 aliphatic carbocycles. The minimum absolute atomic E-state index is 0.253. The largest absolute Gasteiger partial charge is 0.490 e. The van der Waals surface area contributed by atoms with Crippen molar-refractivity contribution in [3.63, 3.8) is 0 Å². The van der Waals surface area contributed by atoms with Crippen LogP contribution in [-0.2, 0) is 6.54 Å². The Morgan fingerprint density at radius 1 is 0.917 bits per heavy atom. The molecule has 0 fully saturated rings. The van der Waals surface area contributed by atoms with E-state index in [1.54, 1.807) is 0 Å². The van der Waals surface area contributed by atoms with Gasteiger partial charge in [-0.1, -0.05) is 18.2 Å². The summed E-state index contributed by atoms with van der Waals surface area (Å²) >= 11 is 0. The van der Waals surface area contributed by atoms with Crippen LogP contribution in [0.2, 0.25) is 0 Å². The van der Waals surface area contributed by atoms with Crippen molar-refractivity contribution in [2.24, 2.45) is 0 Å². The Hall–Kier alpha value is -2.00. The fraction of sp³-hybridized carbons (Fsp3) is 0.429. The highest BCUT2D eigenvalue weighted by molar-refractivity contribution is 5.44. The summed E-state index contributed by atoms with van der Waals surface area (Å²) in [6.07, 6.45) is 0.934. The van der Waals surface area contributed by atoms with E-state index in [4.69, 9.17) is 9.47 Å². The third-order valence-electron chi connectivity index (χ3n) is 4.82. The van der Waals surface area contributed by atoms with E-state index in [1.165, 1.54) is 27.8 Å². The smallest absolute Gasteiger partial charge is 0.161 e. The van der Waals surface area contributed by atoms with Crippen LogP contribution in [0.1, 0.15) is 47.2 Å². The first kappa shape index (κ1) is 16.8. The van der Waals surface area contributed by atoms with Crippen molar-refractivity contribution < 1.29 is 9.47 Å². The number of hydrogen-bond acceptors (Lipinski definition) is 3. The zero-order chi connectivity index (χ0) is 17.1. The van der Waals surface area contributed by atoms with Gasteiger partial charge in [-0.2, -0.15) is 0 Å². The summed E-state index contributed by atoms with van der Waals surface area (Å²) in [6, 6.07) is 11.1. The lowest BCUT2D eigenvalue weighted by molar-refractivity contribution is 0.297. The predicted octanol–water partition coefficient (Wildman–Crippen LogP) is 4.62. The van der Waals surface area contributed by atoms with Crippen molar-refractivity contribution in [1.29, 1.82) is 0 Å². The maximum atomic E-state index is 5.80. The molecular weight excluding hydrogens is 298 g/mol. The highest BCUT2D eigenvalue weighted by Crippen LogP contribution is 2.32. The molecule has 1 aliphatic heterocycles. The van der Waals surface area contributed by atoms with Crippen molar-refractivity contribution in [2.45, 2.75) is 46.7 Å². The minimum Gasteiger partial charge on any atom is -0.490 e. The Morgan fingerprint density at radius 2 is 1.62 bits per heavy atom. The second-order valence-electron chi connectivity index (χ2n) is 6.72. The molecule has 3 heteroatoms. The summed E-state index contributed by atoms with van der Waals surface area (Å²) in [4.78, 5) is 0. The van der Waals surface area contributed by atoms with Gasteiger partial charge in [0.25, 0.3) is 0 Å². The fourth-order valence-corrected chi connectivity index (χ4v) is 3.04. The Kier molecular flexibility index (Phi) is 5.10. The van der Waals surface area contributed by atoms with E-state index < -0.39 is 0 Å². The van der Waals surface area contributed by atoms with Gasteiger partial charge in [0.1, 0.15) is 0 Å². The lowest BCUT2D eigenvalue weighted by Gasteiger charge is -2.18. The van der Waals surface area contributed by atoms with E-state index in [-0.39, 0.29) is 6.04 Å². The second kappa shape index (κ2) is 7.27. The van der Waals surface area contributed by atoms with Gasteiger partial charge in [0, 0.05) is 19.0 Å². The SMILES string of the molecule is Cc1cc(C)c(CNC(C)c2ccc3c(c2)OCCCO3)cc1C. The van der Waals surface area contributed by atoms with Gasteiger partial charge in [-0.25, -0.2) is 0 Å². The molecular formula is C21H27NO2. The molecule has 1 aliphatic rings. The summed E-state index contributed by atoms with van der Waals surface area (Å²) in [6.45, 7) is 11.0. The topological polar surface area (TPSA) is 30.5 Å². The monoisotopic (exact) mass is 325 g/mol. The van der Waals surface area contributed by atoms with Gasteiger partial charge in [0.15, 0.2) is 11.5 Å². The molecule has 1 heterocycles. The Labute approximate surface area is 145 Å². The highest BCUT2D eigenvalue weighted by atomic mass is 16.5. The van der Waals surface area contributed by atoms with Crippen molar-refractivity contribution in [2.75, 3.05) is 13.2 Å². The summed E-state index contributed by atoms with van der Waals surface area (Å²) in [7, 11) is 0. The zero-order valence-electron chi connectivity index (χ0n) is 15.1. The first-order chi connectivity index (χ1) is 11.5. The molecule has 128 valence electrons. The molecule has 3 rings (SSSR count). The number of fused-ring (bicyclic) bond motifs is 1. The number of nitrogens with one attached hydrogen (secondary N) is 1. The van der Waals surface area contributed by atoms with Crippen LogP contribution in [-0.4, -0.2) is 13.2 Å². The van der Waals surface area contributed by atoms with E-state index in [1.807, 2.05) is 6.07 Å². The van der Waals surface area contributed by atoms with Crippen LogP contribution in [0.15, 0.2) is 30.3 Å². The molecule has 0 bridgehead atoms. The Bertz CT molecular complexity index is 724. The van der Waals surface area contributed by atoms with Crippen LogP contribution in [0.25, 0.3) is 0 Å². The summed E-state index contributed by atoms with van der Waals surface area (Å²) in [5.41, 5.74) is 6.63.